The van der Waals surface area contributed by atoms with Crippen LogP contribution in [0.25, 0.3) is 0 Å². The van der Waals surface area contributed by atoms with Crippen LogP contribution in [0.4, 0.5) is 5.82 Å². The van der Waals surface area contributed by atoms with Gasteiger partial charge in [-0.3, -0.25) is 9.79 Å². The molecule has 1 aromatic rings. The number of carbonyl (C=O) groups excluding carboxylic acids is 1. The predicted octanol–water partition coefficient (Wildman–Crippen LogP) is 4.25. The number of allylic oxidation sites excluding steroid dienone is 2. The number of amides is 1. The summed E-state index contributed by atoms with van der Waals surface area (Å²) in [5.74, 6) is 0.575. The maximum Gasteiger partial charge on any atom is 0.225 e. The molecule has 116 valence electrons. The lowest BCUT2D eigenvalue weighted by atomic mass is 10.2. The fourth-order valence-electron chi connectivity index (χ4n) is 1.46. The van der Waals surface area contributed by atoms with E-state index in [0.29, 0.717) is 18.7 Å². The smallest absolute Gasteiger partial charge is 0.225 e. The van der Waals surface area contributed by atoms with Crippen molar-refractivity contribution in [3.8, 4) is 0 Å². The maximum absolute atomic E-state index is 11.6. The van der Waals surface area contributed by atoms with Gasteiger partial charge in [-0.15, -0.1) is 0 Å². The molecule has 0 unspecified atom stereocenters. The number of nitrogens with one attached hydrogen (secondary N) is 1. The number of pyridine rings is 1. The van der Waals surface area contributed by atoms with Crippen molar-refractivity contribution >= 4 is 17.9 Å². The van der Waals surface area contributed by atoms with Crippen LogP contribution in [0.5, 0.6) is 0 Å². The Labute approximate surface area is 128 Å². The highest BCUT2D eigenvalue weighted by molar-refractivity contribution is 5.89. The summed E-state index contributed by atoms with van der Waals surface area (Å²) in [6, 6.07) is 5.44. The molecule has 0 saturated carbocycles. The molecule has 0 bridgehead atoms. The van der Waals surface area contributed by atoms with Crippen molar-refractivity contribution < 1.29 is 4.79 Å². The van der Waals surface area contributed by atoms with Crippen molar-refractivity contribution in [2.45, 2.75) is 47.0 Å². The molecule has 1 amide bonds. The Bertz CT molecular complexity index is 439. The first kappa shape index (κ1) is 19.0. The van der Waals surface area contributed by atoms with Crippen molar-refractivity contribution in [1.82, 2.24) is 4.98 Å². The molecule has 1 N–H and O–H groups in total. The van der Waals surface area contributed by atoms with Crippen LogP contribution >= 0.6 is 0 Å². The number of hydrogen-bond acceptors (Lipinski definition) is 3. The molecule has 0 aliphatic heterocycles. The second-order valence-electron chi connectivity index (χ2n) is 4.29. The minimum Gasteiger partial charge on any atom is -0.311 e. The van der Waals surface area contributed by atoms with Crippen molar-refractivity contribution in [1.29, 1.82) is 0 Å². The van der Waals surface area contributed by atoms with Gasteiger partial charge in [0.1, 0.15) is 5.82 Å². The number of nitrogens with zero attached hydrogens (tertiary/aromatic N) is 2. The van der Waals surface area contributed by atoms with Gasteiger partial charge in [0, 0.05) is 25.4 Å². The third-order valence-electron chi connectivity index (χ3n) is 2.42. The average molecular weight is 289 g/mol. The molecule has 0 aliphatic rings. The second kappa shape index (κ2) is 13.0. The van der Waals surface area contributed by atoms with Gasteiger partial charge >= 0.3 is 0 Å². The van der Waals surface area contributed by atoms with E-state index in [9.17, 15) is 4.79 Å². The van der Waals surface area contributed by atoms with E-state index in [-0.39, 0.29) is 5.91 Å². The topological polar surface area (TPSA) is 54.4 Å². The van der Waals surface area contributed by atoms with Crippen LogP contribution in [0.15, 0.2) is 41.0 Å². The monoisotopic (exact) mass is 289 g/mol. The highest BCUT2D eigenvalue weighted by Crippen LogP contribution is 2.03. The van der Waals surface area contributed by atoms with E-state index in [2.05, 4.69) is 22.2 Å². The lowest BCUT2D eigenvalue weighted by Crippen LogP contribution is -2.11. The van der Waals surface area contributed by atoms with Crippen LogP contribution in [-0.4, -0.2) is 23.7 Å². The summed E-state index contributed by atoms with van der Waals surface area (Å²) in [6.07, 6.45) is 7.76. The van der Waals surface area contributed by atoms with E-state index in [1.807, 2.05) is 45.2 Å². The van der Waals surface area contributed by atoms with Gasteiger partial charge in [-0.2, -0.15) is 0 Å². The molecule has 0 radical (unpaired) electrons. The highest BCUT2D eigenvalue weighted by atomic mass is 16.1. The quantitative estimate of drug-likeness (QED) is 0.763. The summed E-state index contributed by atoms with van der Waals surface area (Å²) in [5, 5.41) is 2.75. The third-order valence-corrected chi connectivity index (χ3v) is 2.42. The average Bonchev–Trinajstić information content (AvgIpc) is 2.50. The molecule has 0 atom stereocenters. The highest BCUT2D eigenvalue weighted by Gasteiger charge is 2.00. The Kier molecular flexibility index (Phi) is 11.8. The van der Waals surface area contributed by atoms with Crippen LogP contribution in [-0.2, 0) is 4.79 Å². The van der Waals surface area contributed by atoms with E-state index in [0.717, 1.165) is 18.5 Å². The second-order valence-corrected chi connectivity index (χ2v) is 4.29. The van der Waals surface area contributed by atoms with Crippen molar-refractivity contribution in [2.24, 2.45) is 4.99 Å². The molecule has 0 aromatic carbocycles. The first-order valence-electron chi connectivity index (χ1n) is 7.60. The first-order valence-corrected chi connectivity index (χ1v) is 7.60. The van der Waals surface area contributed by atoms with Crippen molar-refractivity contribution in [3.63, 3.8) is 0 Å². The lowest BCUT2D eigenvalue weighted by Gasteiger charge is -2.02. The van der Waals surface area contributed by atoms with Crippen molar-refractivity contribution in [2.75, 3.05) is 11.9 Å². The summed E-state index contributed by atoms with van der Waals surface area (Å²) in [5.41, 5.74) is 1.10. The van der Waals surface area contributed by atoms with Crippen molar-refractivity contribution in [3.05, 3.63) is 36.0 Å². The van der Waals surface area contributed by atoms with Gasteiger partial charge in [0.05, 0.1) is 0 Å². The zero-order valence-electron chi connectivity index (χ0n) is 13.6. The van der Waals surface area contributed by atoms with E-state index in [1.54, 1.807) is 12.3 Å². The molecule has 21 heavy (non-hydrogen) atoms. The van der Waals surface area contributed by atoms with Crippen LogP contribution < -0.4 is 5.32 Å². The molecule has 4 heteroatoms. The largest absolute Gasteiger partial charge is 0.311 e. The van der Waals surface area contributed by atoms with Crippen LogP contribution in [0.2, 0.25) is 0 Å². The molecule has 4 nitrogen and oxygen atoms in total. The molecule has 1 aromatic heterocycles. The predicted molar refractivity (Wildman–Crippen MR) is 90.9 cm³/mol. The van der Waals surface area contributed by atoms with E-state index in [1.165, 1.54) is 0 Å². The number of anilines is 1. The maximum atomic E-state index is 11.6. The van der Waals surface area contributed by atoms with Gasteiger partial charge < -0.3 is 5.32 Å². The molecule has 0 saturated heterocycles. The summed E-state index contributed by atoms with van der Waals surface area (Å²) in [7, 11) is 0. The fraction of sp³-hybridized carbons (Fsp3) is 0.471. The summed E-state index contributed by atoms with van der Waals surface area (Å²) in [6.45, 7) is 8.94. The molecule has 1 heterocycles. The van der Waals surface area contributed by atoms with Gasteiger partial charge in [-0.1, -0.05) is 32.9 Å². The number of aliphatic imine (C=N–C) groups is 1. The van der Waals surface area contributed by atoms with Gasteiger partial charge in [0.2, 0.25) is 5.91 Å². The normalized spacial score (nSPS) is 11.0. The van der Waals surface area contributed by atoms with Crippen LogP contribution in [0.1, 0.15) is 47.0 Å². The van der Waals surface area contributed by atoms with Crippen LogP contribution in [0, 0.1) is 0 Å². The molecular formula is C17H27N3O. The summed E-state index contributed by atoms with van der Waals surface area (Å²) < 4.78 is 0. The van der Waals surface area contributed by atoms with E-state index < -0.39 is 0 Å². The van der Waals surface area contributed by atoms with Gasteiger partial charge in [-0.25, -0.2) is 4.98 Å². The van der Waals surface area contributed by atoms with E-state index >= 15 is 0 Å². The SMILES string of the molecule is CC.CCCN=C/C(C)=C\CCC(=O)Nc1ccccn1. The number of rotatable bonds is 7. The fourth-order valence-corrected chi connectivity index (χ4v) is 1.46. The van der Waals surface area contributed by atoms with Gasteiger partial charge in [0.15, 0.2) is 0 Å². The Morgan fingerprint density at radius 1 is 1.38 bits per heavy atom. The zero-order valence-corrected chi connectivity index (χ0v) is 13.6. The molecule has 1 rings (SSSR count). The Balaban J connectivity index is 0.00000191. The minimum absolute atomic E-state index is 0.0201. The number of hydrogen-bond donors (Lipinski definition) is 1. The summed E-state index contributed by atoms with van der Waals surface area (Å²) in [4.78, 5) is 19.9. The third kappa shape index (κ3) is 10.5. The Hall–Kier alpha value is -1.97. The molecule has 0 aliphatic carbocycles. The molecule has 0 spiro atoms. The van der Waals surface area contributed by atoms with E-state index in [4.69, 9.17) is 0 Å². The van der Waals surface area contributed by atoms with Gasteiger partial charge in [0.25, 0.3) is 0 Å². The number of aromatic nitrogens is 1. The number of carbonyl (C=O) groups is 1. The van der Waals surface area contributed by atoms with Crippen LogP contribution in [0.3, 0.4) is 0 Å². The van der Waals surface area contributed by atoms with Gasteiger partial charge in [-0.05, 0) is 37.5 Å². The zero-order chi connectivity index (χ0) is 15.9. The standard InChI is InChI=1S/C15H21N3O.C2H6/c1-3-10-16-12-13(2)7-6-9-15(19)18-14-8-4-5-11-17-14;1-2/h4-5,7-8,11-12H,3,6,9-10H2,1-2H3,(H,17,18,19);1-2H3/b13-7-,16-12?;. The minimum atomic E-state index is -0.0201. The molecular weight excluding hydrogens is 262 g/mol. The Morgan fingerprint density at radius 2 is 2.14 bits per heavy atom. The summed E-state index contributed by atoms with van der Waals surface area (Å²) >= 11 is 0. The first-order chi connectivity index (χ1) is 10.2. The lowest BCUT2D eigenvalue weighted by molar-refractivity contribution is -0.116. The molecule has 0 fully saturated rings. The Morgan fingerprint density at radius 3 is 2.76 bits per heavy atom.